The molecule has 5 rings (SSSR count). The second kappa shape index (κ2) is 18.6. The average Bonchev–Trinajstić information content (AvgIpc) is 3.14. The van der Waals surface area contributed by atoms with Crippen LogP contribution < -0.4 is 30.8 Å². The molecule has 51 heavy (non-hydrogen) atoms. The van der Waals surface area contributed by atoms with Crippen molar-refractivity contribution < 1.29 is 4.39 Å². The van der Waals surface area contributed by atoms with E-state index in [1.54, 1.807) is 0 Å². The van der Waals surface area contributed by atoms with Gasteiger partial charge in [0.15, 0.2) is 0 Å². The second-order valence-electron chi connectivity index (χ2n) is 14.5. The van der Waals surface area contributed by atoms with Crippen molar-refractivity contribution in [2.24, 2.45) is 0 Å². The molecule has 0 amide bonds. The molecular formula is C46H58FNP2Si. The van der Waals surface area contributed by atoms with Gasteiger partial charge in [-0.25, -0.2) is 4.39 Å². The maximum atomic E-state index is 17.6. The molecule has 1 nitrogen and oxygen atoms in total. The lowest BCUT2D eigenvalue weighted by Gasteiger charge is -2.41. The van der Waals surface area contributed by atoms with Crippen LogP contribution in [0.3, 0.4) is 0 Å². The van der Waals surface area contributed by atoms with E-state index >= 15 is 4.39 Å². The molecule has 0 heterocycles. The van der Waals surface area contributed by atoms with Crippen molar-refractivity contribution in [1.82, 2.24) is 0 Å². The Kier molecular flexibility index (Phi) is 14.3. The highest BCUT2D eigenvalue weighted by molar-refractivity contribution is 7.90. The van der Waals surface area contributed by atoms with E-state index in [1.807, 2.05) is 6.07 Å². The molecule has 0 atom stereocenters. The number of hydrogen-bond acceptors (Lipinski definition) is 1. The number of nitrogens with zero attached hydrogens (tertiary/aromatic N) is 1. The molecule has 0 aromatic heterocycles. The Bertz CT molecular complexity index is 1600. The first-order chi connectivity index (χ1) is 24.7. The molecule has 0 aliphatic heterocycles. The van der Waals surface area contributed by atoms with Crippen LogP contribution in [0.4, 0.5) is 10.1 Å². The summed E-state index contributed by atoms with van der Waals surface area (Å²) in [6.07, 6.45) is 7.26. The van der Waals surface area contributed by atoms with Gasteiger partial charge in [0, 0.05) is 21.2 Å². The highest BCUT2D eigenvalue weighted by atomic mass is 31.2. The molecule has 0 saturated heterocycles. The number of anilines is 1. The third-order valence-corrected chi connectivity index (χ3v) is 21.2. The molecule has 0 N–H and O–H groups in total. The Morgan fingerprint density at radius 2 is 0.784 bits per heavy atom. The number of unbranched alkanes of at least 4 members (excludes halogenated alkanes) is 3. The Labute approximate surface area is 312 Å². The van der Waals surface area contributed by atoms with Gasteiger partial charge >= 0.3 is 0 Å². The van der Waals surface area contributed by atoms with Crippen molar-refractivity contribution in [2.45, 2.75) is 105 Å². The van der Waals surface area contributed by atoms with Crippen LogP contribution in [0.1, 0.15) is 81.5 Å². The van der Waals surface area contributed by atoms with Gasteiger partial charge in [-0.1, -0.05) is 208 Å². The van der Waals surface area contributed by atoms with Crippen LogP contribution in [0.2, 0.25) is 18.1 Å². The predicted molar refractivity (Wildman–Crippen MR) is 231 cm³/mol. The Hall–Kier alpha value is -3.09. The topological polar surface area (TPSA) is 3.24 Å². The van der Waals surface area contributed by atoms with Gasteiger partial charge < -0.3 is 4.44 Å². The van der Waals surface area contributed by atoms with Crippen molar-refractivity contribution in [1.29, 1.82) is 0 Å². The average molecular weight is 734 g/mol. The molecule has 5 aromatic carbocycles. The zero-order valence-corrected chi connectivity index (χ0v) is 34.8. The number of aryl methyl sites for hydroxylation is 4. The van der Waals surface area contributed by atoms with Gasteiger partial charge in [0.2, 0.25) is 0 Å². The van der Waals surface area contributed by atoms with Crippen LogP contribution in [-0.2, 0) is 0 Å². The van der Waals surface area contributed by atoms with Gasteiger partial charge in [-0.2, -0.15) is 0 Å². The van der Waals surface area contributed by atoms with E-state index in [0.29, 0.717) is 5.69 Å². The predicted octanol–water partition coefficient (Wildman–Crippen LogP) is 12.0. The largest absolute Gasteiger partial charge is 0.310 e. The van der Waals surface area contributed by atoms with Crippen LogP contribution >= 0.6 is 16.1 Å². The molecule has 5 heteroatoms. The van der Waals surface area contributed by atoms with Gasteiger partial charge in [0.05, 0.1) is 29.9 Å². The van der Waals surface area contributed by atoms with Gasteiger partial charge in [-0.05, 0) is 39.8 Å². The number of hydrogen-bond donors (Lipinski definition) is 0. The van der Waals surface area contributed by atoms with E-state index < -0.39 is 24.2 Å². The van der Waals surface area contributed by atoms with Crippen molar-refractivity contribution in [3.63, 3.8) is 0 Å². The van der Waals surface area contributed by atoms with Crippen molar-refractivity contribution in [3.05, 3.63) is 143 Å². The Morgan fingerprint density at radius 3 is 1.06 bits per heavy atom. The fourth-order valence-electron chi connectivity index (χ4n) is 7.14. The van der Waals surface area contributed by atoms with E-state index in [1.165, 1.54) is 105 Å². The zero-order valence-electron chi connectivity index (χ0n) is 32.1. The summed E-state index contributed by atoms with van der Waals surface area (Å²) in [5.74, 6) is -0.0766. The quantitative estimate of drug-likeness (QED) is 0.0679. The van der Waals surface area contributed by atoms with Crippen LogP contribution in [0, 0.1) is 33.5 Å². The maximum absolute atomic E-state index is 17.6. The van der Waals surface area contributed by atoms with E-state index in [2.05, 4.69) is 162 Å². The first-order valence-corrected chi connectivity index (χ1v) is 24.4. The molecule has 0 aliphatic rings. The molecule has 5 aromatic rings. The zero-order chi connectivity index (χ0) is 36.4. The summed E-state index contributed by atoms with van der Waals surface area (Å²) in [5, 5.41) is 6.24. The summed E-state index contributed by atoms with van der Waals surface area (Å²) < 4.78 is 20.2. The highest BCUT2D eigenvalue weighted by Crippen LogP contribution is 2.57. The first kappa shape index (κ1) is 39.1. The molecule has 0 fully saturated rings. The molecule has 268 valence electrons. The summed E-state index contributed by atoms with van der Waals surface area (Å²) >= 11 is 0. The van der Waals surface area contributed by atoms with Crippen molar-refractivity contribution in [2.75, 3.05) is 4.44 Å². The summed E-state index contributed by atoms with van der Waals surface area (Å²) in [5.41, 5.74) is 5.62. The molecule has 0 aliphatic carbocycles. The van der Waals surface area contributed by atoms with E-state index in [9.17, 15) is 0 Å². The van der Waals surface area contributed by atoms with Crippen LogP contribution in [-0.4, -0.2) is 8.07 Å². The number of rotatable bonds is 17. The molecule has 0 bridgehead atoms. The van der Waals surface area contributed by atoms with Gasteiger partial charge in [0.25, 0.3) is 0 Å². The Balaban J connectivity index is 1.81. The van der Waals surface area contributed by atoms with E-state index in [-0.39, 0.29) is 5.82 Å². The van der Waals surface area contributed by atoms with Crippen LogP contribution in [0.5, 0.6) is 0 Å². The lowest BCUT2D eigenvalue weighted by atomic mass is 10.2. The van der Waals surface area contributed by atoms with Gasteiger partial charge in [-0.3, -0.25) is 0 Å². The minimum Gasteiger partial charge on any atom is -0.310 e. The van der Waals surface area contributed by atoms with Crippen molar-refractivity contribution in [3.8, 4) is 0 Å². The smallest absolute Gasteiger partial charge is 0.146 e. The molecule has 0 spiro atoms. The summed E-state index contributed by atoms with van der Waals surface area (Å²) in [4.78, 5) is 0. The summed E-state index contributed by atoms with van der Waals surface area (Å²) in [6, 6.07) is 46.2. The maximum Gasteiger partial charge on any atom is 0.146 e. The van der Waals surface area contributed by atoms with Crippen molar-refractivity contribution >= 4 is 56.3 Å². The SMILES string of the molecule is CCCC[Si](CCCC)(CCCC)c1ccc(N(P(c2ccc(C)cc2)c2ccc(C)cc2)P(c2ccc(C)cc2)c2ccc(C)cc2)c(F)c1. The number of halogens is 1. The van der Waals surface area contributed by atoms with E-state index in [4.69, 9.17) is 0 Å². The van der Waals surface area contributed by atoms with Crippen LogP contribution in [0.15, 0.2) is 115 Å². The summed E-state index contributed by atoms with van der Waals surface area (Å²) in [7, 11) is -4.24. The standard InChI is InChI=1S/C46H58FNP2Si/c1-8-11-32-51(33-12-9-2,34-13-10-3)44-30-31-46(45(47)35-44)48(49(40-22-14-36(4)15-23-40)41-24-16-37(5)17-25-41)50(42-26-18-38(6)19-27-42)43-28-20-39(7)21-29-43/h14-31,35H,8-13,32-34H2,1-7H3. The normalized spacial score (nSPS) is 11.8. The van der Waals surface area contributed by atoms with Crippen LogP contribution in [0.25, 0.3) is 0 Å². The lowest BCUT2D eigenvalue weighted by molar-refractivity contribution is 0.632. The molecular weight excluding hydrogens is 676 g/mol. The molecule has 0 saturated carbocycles. The highest BCUT2D eigenvalue weighted by Gasteiger charge is 2.37. The summed E-state index contributed by atoms with van der Waals surface area (Å²) in [6.45, 7) is 15.5. The molecule has 0 radical (unpaired) electrons. The third-order valence-electron chi connectivity index (χ3n) is 10.3. The Morgan fingerprint density at radius 1 is 0.471 bits per heavy atom. The van der Waals surface area contributed by atoms with E-state index in [0.717, 1.165) is 0 Å². The minimum absolute atomic E-state index is 0.0766. The monoisotopic (exact) mass is 733 g/mol. The van der Waals surface area contributed by atoms with Gasteiger partial charge in [-0.15, -0.1) is 0 Å². The second-order valence-corrected chi connectivity index (χ2v) is 23.6. The third kappa shape index (κ3) is 9.67. The first-order valence-electron chi connectivity index (χ1n) is 19.2. The fraction of sp³-hybridized carbons (Fsp3) is 0.348. The minimum atomic E-state index is -1.91. The molecule has 0 unspecified atom stereocenters. The number of benzene rings is 5. The lowest BCUT2D eigenvalue weighted by Crippen LogP contribution is -2.47. The fourth-order valence-corrected chi connectivity index (χ4v) is 18.6. The van der Waals surface area contributed by atoms with Gasteiger partial charge in [0.1, 0.15) is 5.82 Å².